The van der Waals surface area contributed by atoms with Gasteiger partial charge in [0.05, 0.1) is 25.6 Å². The summed E-state index contributed by atoms with van der Waals surface area (Å²) in [5.41, 5.74) is -9.43. The van der Waals surface area contributed by atoms with Crippen molar-refractivity contribution in [1.29, 1.82) is 0 Å². The molecule has 12 atom stereocenters. The smallest absolute Gasteiger partial charge is 0.331 e. The maximum Gasteiger partial charge on any atom is 0.331 e. The van der Waals surface area contributed by atoms with E-state index in [4.69, 9.17) is 32.8 Å². The first kappa shape index (κ1) is 29.6. The molecule has 0 amide bonds. The van der Waals surface area contributed by atoms with Gasteiger partial charge in [-0.3, -0.25) is 9.59 Å². The summed E-state index contributed by atoms with van der Waals surface area (Å²) >= 11 is 0. The molecule has 4 bridgehead atoms. The third kappa shape index (κ3) is 2.81. The molecule has 12 heteroatoms. The van der Waals surface area contributed by atoms with E-state index >= 15 is 0 Å². The first-order chi connectivity index (χ1) is 20.9. The Labute approximate surface area is 260 Å². The van der Waals surface area contributed by atoms with Crippen LogP contribution in [0.2, 0.25) is 0 Å². The van der Waals surface area contributed by atoms with Crippen molar-refractivity contribution in [2.75, 3.05) is 7.11 Å². The second kappa shape index (κ2) is 8.20. The predicted octanol–water partition coefficient (Wildman–Crippen LogP) is 2.85. The van der Waals surface area contributed by atoms with Gasteiger partial charge in [-0.05, 0) is 36.8 Å². The van der Waals surface area contributed by atoms with Crippen molar-refractivity contribution in [3.05, 3.63) is 35.8 Å². The molecular formula is C33H40O12. The average molecular weight is 629 g/mol. The van der Waals surface area contributed by atoms with Gasteiger partial charge in [0, 0.05) is 41.2 Å². The molecule has 8 rings (SSSR count). The molecule has 4 saturated carbocycles. The lowest BCUT2D eigenvalue weighted by Crippen LogP contribution is -2.92. The summed E-state index contributed by atoms with van der Waals surface area (Å²) in [6.45, 7) is 10.6. The summed E-state index contributed by atoms with van der Waals surface area (Å²) in [4.78, 5) is 39.9. The Balaban J connectivity index is 1.42. The van der Waals surface area contributed by atoms with Crippen molar-refractivity contribution >= 4 is 17.9 Å². The van der Waals surface area contributed by atoms with E-state index in [-0.39, 0.29) is 12.8 Å². The van der Waals surface area contributed by atoms with Crippen LogP contribution in [0.5, 0.6) is 0 Å². The molecule has 2 N–H and O–H groups in total. The van der Waals surface area contributed by atoms with Crippen molar-refractivity contribution in [3.63, 3.8) is 0 Å². The van der Waals surface area contributed by atoms with E-state index < -0.39 is 92.7 Å². The highest BCUT2D eigenvalue weighted by Crippen LogP contribution is 2.87. The maximum atomic E-state index is 13.4. The Morgan fingerprint density at radius 1 is 1.11 bits per heavy atom. The number of furan rings is 1. The Morgan fingerprint density at radius 3 is 2.49 bits per heavy atom. The molecule has 0 radical (unpaired) electrons. The van der Waals surface area contributed by atoms with Gasteiger partial charge in [-0.15, -0.1) is 0 Å². The third-order valence-electron chi connectivity index (χ3n) is 13.1. The number of methoxy groups -OCH3 is 1. The number of hydrogen-bond donors (Lipinski definition) is 2. The summed E-state index contributed by atoms with van der Waals surface area (Å²) < 4.78 is 43.0. The number of esters is 3. The van der Waals surface area contributed by atoms with Crippen LogP contribution >= 0.6 is 0 Å². The minimum Gasteiger partial charge on any atom is -0.472 e. The minimum absolute atomic E-state index is 0.00152. The fraction of sp³-hybridized carbons (Fsp3) is 0.727. The van der Waals surface area contributed by atoms with Crippen LogP contribution in [0.1, 0.15) is 78.9 Å². The molecule has 0 aromatic carbocycles. The summed E-state index contributed by atoms with van der Waals surface area (Å²) in [7, 11) is 1.30. The molecule has 3 aliphatic heterocycles. The summed E-state index contributed by atoms with van der Waals surface area (Å²) in [6.07, 6.45) is 1.66. The zero-order valence-corrected chi connectivity index (χ0v) is 26.5. The molecule has 4 aliphatic carbocycles. The largest absolute Gasteiger partial charge is 0.472 e. The molecule has 6 fully saturated rings. The van der Waals surface area contributed by atoms with Crippen LogP contribution < -0.4 is 0 Å². The molecule has 12 nitrogen and oxygen atoms in total. The Morgan fingerprint density at radius 2 is 1.84 bits per heavy atom. The van der Waals surface area contributed by atoms with E-state index in [1.165, 1.54) is 25.7 Å². The monoisotopic (exact) mass is 628 g/mol. The molecule has 0 unspecified atom stereocenters. The third-order valence-corrected chi connectivity index (χ3v) is 13.1. The standard InChI is InChI=1S/C33H40O12/c1-16(2)23(36)42-24-27(4)15-30(37)28(5,18(27)12-20(34)39-7)31-10-9-26(3)19(13-21(35)41-22(26)17-8-11-40-14-17)33(31)25(32(24,30)38)43-29(6,44-31)45-33/h8,11,13-14,16,18,22,24-25,37-38H,9-10,12,15H2,1-7H3/t18-,22-,24-,25+,26+,27+,28+,29-,30+,31-,32-,33+/m0/s1. The Hall–Kier alpha value is -2.77. The molecule has 1 aromatic rings. The normalized spacial score (nSPS) is 53.1. The molecule has 45 heavy (non-hydrogen) atoms. The topological polar surface area (TPSA) is 160 Å². The first-order valence-electron chi connectivity index (χ1n) is 15.7. The van der Waals surface area contributed by atoms with E-state index in [0.29, 0.717) is 24.0 Å². The number of carbonyl (C=O) groups is 3. The van der Waals surface area contributed by atoms with Crippen molar-refractivity contribution in [1.82, 2.24) is 0 Å². The molecule has 7 aliphatic rings. The number of fused-ring (bicyclic) bond motifs is 4. The molecule has 4 heterocycles. The van der Waals surface area contributed by atoms with Gasteiger partial charge in [0.15, 0.2) is 11.2 Å². The lowest BCUT2D eigenvalue weighted by molar-refractivity contribution is -0.443. The van der Waals surface area contributed by atoms with Gasteiger partial charge < -0.3 is 43.1 Å². The van der Waals surface area contributed by atoms with Gasteiger partial charge in [0.25, 0.3) is 5.97 Å². The van der Waals surface area contributed by atoms with E-state index in [0.717, 1.165) is 0 Å². The first-order valence-corrected chi connectivity index (χ1v) is 15.7. The lowest BCUT2D eigenvalue weighted by atomic mass is 9.35. The molecule has 1 spiro atoms. The fourth-order valence-corrected chi connectivity index (χ4v) is 11.5. The highest BCUT2D eigenvalue weighted by atomic mass is 16.9. The number of carbonyl (C=O) groups excluding carboxylic acids is 3. The van der Waals surface area contributed by atoms with Crippen LogP contribution in [-0.4, -0.2) is 75.8 Å². The second-order valence-electron chi connectivity index (χ2n) is 15.4. The minimum atomic E-state index is -2.23. The van der Waals surface area contributed by atoms with Gasteiger partial charge in [0.2, 0.25) is 0 Å². The number of cyclic esters (lactones) is 1. The van der Waals surface area contributed by atoms with E-state index in [1.807, 2.05) is 20.8 Å². The lowest BCUT2D eigenvalue weighted by Gasteiger charge is -2.75. The zero-order chi connectivity index (χ0) is 32.4. The molecule has 1 aromatic heterocycles. The maximum absolute atomic E-state index is 13.4. The van der Waals surface area contributed by atoms with E-state index in [2.05, 4.69) is 0 Å². The SMILES string of the molecule is COC(=O)C[C@H]1[C@@]2(C)C[C@]3(O)[C@@](O)([C@H]4O[C@@]5(C)O[C@@]6(CC[C@]7(C)C(=CC(=O)O[C@H]7c7ccoc7)[C@@]46O5)[C@]13C)[C@H]2OC(=O)C(C)C. The zero-order valence-electron chi connectivity index (χ0n) is 26.5. The van der Waals surface area contributed by atoms with Gasteiger partial charge in [-0.25, -0.2) is 4.79 Å². The fourth-order valence-electron chi connectivity index (χ4n) is 11.5. The highest BCUT2D eigenvalue weighted by Gasteiger charge is 3.01. The van der Waals surface area contributed by atoms with Crippen molar-refractivity contribution in [2.24, 2.45) is 28.1 Å². The van der Waals surface area contributed by atoms with Crippen LogP contribution in [0.3, 0.4) is 0 Å². The van der Waals surface area contributed by atoms with E-state index in [1.54, 1.807) is 26.8 Å². The Bertz CT molecular complexity index is 1570. The van der Waals surface area contributed by atoms with Crippen LogP contribution in [0.15, 0.2) is 34.7 Å². The molecule has 2 saturated heterocycles. The van der Waals surface area contributed by atoms with Crippen LogP contribution in [0.25, 0.3) is 0 Å². The number of ether oxygens (including phenoxy) is 6. The van der Waals surface area contributed by atoms with Crippen LogP contribution in [0.4, 0.5) is 0 Å². The van der Waals surface area contributed by atoms with Crippen molar-refractivity contribution in [2.45, 2.75) is 114 Å². The average Bonchev–Trinajstić information content (AvgIpc) is 3.74. The summed E-state index contributed by atoms with van der Waals surface area (Å²) in [6, 6.07) is 1.74. The number of aliphatic hydroxyl groups is 2. The predicted molar refractivity (Wildman–Crippen MR) is 149 cm³/mol. The second-order valence-corrected chi connectivity index (χ2v) is 15.4. The van der Waals surface area contributed by atoms with Gasteiger partial charge in [0.1, 0.15) is 29.5 Å². The number of hydrogen-bond acceptors (Lipinski definition) is 12. The van der Waals surface area contributed by atoms with Crippen LogP contribution in [0, 0.1) is 28.1 Å². The molecular weight excluding hydrogens is 588 g/mol. The summed E-state index contributed by atoms with van der Waals surface area (Å²) in [5, 5.41) is 26.4. The van der Waals surface area contributed by atoms with Crippen molar-refractivity contribution in [3.8, 4) is 0 Å². The Kier molecular flexibility index (Phi) is 5.39. The highest BCUT2D eigenvalue weighted by molar-refractivity contribution is 5.86. The quantitative estimate of drug-likeness (QED) is 0.363. The van der Waals surface area contributed by atoms with Gasteiger partial charge in [-0.1, -0.05) is 34.6 Å². The van der Waals surface area contributed by atoms with E-state index in [9.17, 15) is 24.6 Å². The van der Waals surface area contributed by atoms with Crippen LogP contribution in [-0.2, 0) is 42.8 Å². The van der Waals surface area contributed by atoms with Gasteiger partial charge in [-0.2, -0.15) is 0 Å². The number of rotatable bonds is 5. The van der Waals surface area contributed by atoms with Crippen molar-refractivity contribution < 1.29 is 57.4 Å². The summed E-state index contributed by atoms with van der Waals surface area (Å²) in [5.74, 6) is -4.65. The van der Waals surface area contributed by atoms with Gasteiger partial charge >= 0.3 is 17.9 Å². The molecule has 244 valence electrons.